The third-order valence-electron chi connectivity index (χ3n) is 9.68. The zero-order chi connectivity index (χ0) is 31.8. The second-order valence-electron chi connectivity index (χ2n) is 12.4. The number of para-hydroxylation sites is 4. The lowest BCUT2D eigenvalue weighted by Crippen LogP contribution is -2.02. The van der Waals surface area contributed by atoms with Gasteiger partial charge in [-0.3, -0.25) is 9.13 Å². The lowest BCUT2D eigenvalue weighted by Gasteiger charge is -2.15. The van der Waals surface area contributed by atoms with Crippen molar-refractivity contribution in [2.75, 3.05) is 0 Å². The summed E-state index contributed by atoms with van der Waals surface area (Å²) in [6.07, 6.45) is 3.59. The number of aryl methyl sites for hydroxylation is 1. The highest BCUT2D eigenvalue weighted by atomic mass is 15.1. The molecule has 5 nitrogen and oxygen atoms in total. The molecule has 0 fully saturated rings. The van der Waals surface area contributed by atoms with Crippen LogP contribution in [0.2, 0.25) is 0 Å². The van der Waals surface area contributed by atoms with E-state index in [1.165, 1.54) is 49.0 Å². The third kappa shape index (κ3) is 3.79. The first-order chi connectivity index (χ1) is 23.8. The summed E-state index contributed by atoms with van der Waals surface area (Å²) in [6, 6.07) is 52.3. The molecular weight excluding hydrogens is 587 g/mol. The molecule has 6 aromatic carbocycles. The van der Waals surface area contributed by atoms with E-state index in [0.717, 1.165) is 39.7 Å². The molecule has 0 spiro atoms. The molecular formula is C43H29N5. The van der Waals surface area contributed by atoms with Gasteiger partial charge in [0.2, 0.25) is 0 Å². The molecule has 0 radical (unpaired) electrons. The highest BCUT2D eigenvalue weighted by Gasteiger charge is 2.23. The van der Waals surface area contributed by atoms with Gasteiger partial charge in [-0.25, -0.2) is 9.97 Å². The van der Waals surface area contributed by atoms with Gasteiger partial charge in [0.05, 0.1) is 22.1 Å². The van der Waals surface area contributed by atoms with Crippen LogP contribution in [-0.4, -0.2) is 23.7 Å². The van der Waals surface area contributed by atoms with Gasteiger partial charge in [0, 0.05) is 62.0 Å². The normalized spacial score (nSPS) is 11.9. The Morgan fingerprint density at radius 2 is 0.958 bits per heavy atom. The molecule has 10 aromatic rings. The van der Waals surface area contributed by atoms with Crippen LogP contribution in [0, 0.1) is 6.92 Å². The van der Waals surface area contributed by atoms with E-state index in [4.69, 9.17) is 0 Å². The van der Waals surface area contributed by atoms with E-state index in [1.54, 1.807) is 12.4 Å². The van der Waals surface area contributed by atoms with Crippen molar-refractivity contribution in [1.82, 2.24) is 23.7 Å². The standard InChI is InChI=1S/C43H29N5/c1-28-26-30(20-22-32(28)42-44-24-11-25-45-42)48-39-19-10-7-16-35(39)41-36-27-31(21-23-40(36)47(43(41)48)29-12-3-2-4-13-29)46-37-17-8-5-14-33(37)34-15-6-9-18-38(34)46/h2-27H,1H3. The van der Waals surface area contributed by atoms with Crippen molar-refractivity contribution in [3.05, 3.63) is 164 Å². The van der Waals surface area contributed by atoms with Crippen molar-refractivity contribution in [3.8, 4) is 28.5 Å². The Morgan fingerprint density at radius 3 is 1.65 bits per heavy atom. The molecule has 0 amide bonds. The minimum atomic E-state index is 0.736. The third-order valence-corrected chi connectivity index (χ3v) is 9.68. The molecule has 0 N–H and O–H groups in total. The highest BCUT2D eigenvalue weighted by molar-refractivity contribution is 6.23. The van der Waals surface area contributed by atoms with E-state index in [1.807, 2.05) is 6.07 Å². The van der Waals surface area contributed by atoms with Crippen LogP contribution in [0.15, 0.2) is 158 Å². The molecule has 4 aromatic heterocycles. The molecule has 10 rings (SSSR count). The Balaban J connectivity index is 1.32. The van der Waals surface area contributed by atoms with Crippen LogP contribution in [-0.2, 0) is 0 Å². The smallest absolute Gasteiger partial charge is 0.159 e. The minimum Gasteiger partial charge on any atom is -0.309 e. The first-order valence-corrected chi connectivity index (χ1v) is 16.3. The van der Waals surface area contributed by atoms with Crippen LogP contribution in [0.1, 0.15) is 5.56 Å². The quantitative estimate of drug-likeness (QED) is 0.198. The van der Waals surface area contributed by atoms with E-state index in [0.29, 0.717) is 0 Å². The monoisotopic (exact) mass is 615 g/mol. The van der Waals surface area contributed by atoms with Gasteiger partial charge in [0.15, 0.2) is 5.82 Å². The fourth-order valence-electron chi connectivity index (χ4n) is 7.65. The number of hydrogen-bond acceptors (Lipinski definition) is 2. The van der Waals surface area contributed by atoms with Gasteiger partial charge in [-0.15, -0.1) is 0 Å². The maximum absolute atomic E-state index is 4.53. The lowest BCUT2D eigenvalue weighted by atomic mass is 10.1. The van der Waals surface area contributed by atoms with Gasteiger partial charge in [0.1, 0.15) is 5.65 Å². The van der Waals surface area contributed by atoms with E-state index < -0.39 is 0 Å². The molecule has 0 saturated heterocycles. The molecule has 4 heterocycles. The first-order valence-electron chi connectivity index (χ1n) is 16.3. The van der Waals surface area contributed by atoms with E-state index in [-0.39, 0.29) is 0 Å². The van der Waals surface area contributed by atoms with Crippen LogP contribution in [0.25, 0.3) is 83.1 Å². The van der Waals surface area contributed by atoms with Crippen LogP contribution in [0.5, 0.6) is 0 Å². The van der Waals surface area contributed by atoms with Crippen molar-refractivity contribution < 1.29 is 0 Å². The zero-order valence-corrected chi connectivity index (χ0v) is 26.2. The number of fused-ring (bicyclic) bond motifs is 8. The second-order valence-corrected chi connectivity index (χ2v) is 12.4. The number of rotatable bonds is 4. The summed E-state index contributed by atoms with van der Waals surface area (Å²) in [5.74, 6) is 0.736. The fourth-order valence-corrected chi connectivity index (χ4v) is 7.65. The van der Waals surface area contributed by atoms with Gasteiger partial charge in [0.25, 0.3) is 0 Å². The maximum atomic E-state index is 4.53. The van der Waals surface area contributed by atoms with Crippen molar-refractivity contribution >= 4 is 54.6 Å². The molecule has 0 unspecified atom stereocenters. The van der Waals surface area contributed by atoms with Gasteiger partial charge in [-0.2, -0.15) is 0 Å². The zero-order valence-electron chi connectivity index (χ0n) is 26.2. The van der Waals surface area contributed by atoms with E-state index in [9.17, 15) is 0 Å². The largest absolute Gasteiger partial charge is 0.309 e. The summed E-state index contributed by atoms with van der Waals surface area (Å²) < 4.78 is 7.24. The molecule has 0 aliphatic carbocycles. The fraction of sp³-hybridized carbons (Fsp3) is 0.0233. The summed E-state index contributed by atoms with van der Waals surface area (Å²) in [7, 11) is 0. The molecule has 0 aliphatic rings. The number of hydrogen-bond donors (Lipinski definition) is 0. The van der Waals surface area contributed by atoms with Crippen molar-refractivity contribution in [1.29, 1.82) is 0 Å². The minimum absolute atomic E-state index is 0.736. The Kier molecular flexibility index (Phi) is 5.72. The van der Waals surface area contributed by atoms with Crippen LogP contribution >= 0.6 is 0 Å². The molecule has 48 heavy (non-hydrogen) atoms. The second kappa shape index (κ2) is 10.3. The summed E-state index contributed by atoms with van der Waals surface area (Å²) in [4.78, 5) is 9.06. The molecule has 0 atom stereocenters. The van der Waals surface area contributed by atoms with Crippen LogP contribution in [0.4, 0.5) is 0 Å². The Labute approximate surface area is 276 Å². The van der Waals surface area contributed by atoms with Gasteiger partial charge >= 0.3 is 0 Å². The predicted molar refractivity (Wildman–Crippen MR) is 198 cm³/mol. The van der Waals surface area contributed by atoms with Crippen molar-refractivity contribution in [3.63, 3.8) is 0 Å². The molecule has 5 heteroatoms. The average Bonchev–Trinajstić information content (AvgIpc) is 3.77. The SMILES string of the molecule is Cc1cc(-n2c3ccccc3c3c4cc(-n5c6ccccc6c6ccccc65)ccc4n(-c4ccccc4)c32)ccc1-c1ncccn1. The summed E-state index contributed by atoms with van der Waals surface area (Å²) in [6.45, 7) is 2.14. The van der Waals surface area contributed by atoms with Crippen LogP contribution < -0.4 is 0 Å². The Morgan fingerprint density at radius 1 is 0.417 bits per heavy atom. The van der Waals surface area contributed by atoms with Gasteiger partial charge in [-0.1, -0.05) is 72.8 Å². The summed E-state index contributed by atoms with van der Waals surface area (Å²) in [5.41, 5.74) is 11.4. The summed E-state index contributed by atoms with van der Waals surface area (Å²) in [5, 5.41) is 6.20. The highest BCUT2D eigenvalue weighted by Crippen LogP contribution is 2.42. The van der Waals surface area contributed by atoms with Crippen molar-refractivity contribution in [2.45, 2.75) is 6.92 Å². The first kappa shape index (κ1) is 26.7. The molecule has 0 bridgehead atoms. The average molecular weight is 616 g/mol. The molecule has 0 aliphatic heterocycles. The topological polar surface area (TPSA) is 40.6 Å². The lowest BCUT2D eigenvalue weighted by molar-refractivity contribution is 1.06. The van der Waals surface area contributed by atoms with Crippen LogP contribution in [0.3, 0.4) is 0 Å². The maximum Gasteiger partial charge on any atom is 0.159 e. The number of aromatic nitrogens is 5. The predicted octanol–water partition coefficient (Wildman–Crippen LogP) is 10.6. The Bertz CT molecular complexity index is 2780. The van der Waals surface area contributed by atoms with Gasteiger partial charge in [-0.05, 0) is 85.3 Å². The van der Waals surface area contributed by atoms with Crippen molar-refractivity contribution in [2.24, 2.45) is 0 Å². The van der Waals surface area contributed by atoms with E-state index >= 15 is 0 Å². The summed E-state index contributed by atoms with van der Waals surface area (Å²) >= 11 is 0. The Hall–Kier alpha value is -6.46. The van der Waals surface area contributed by atoms with E-state index in [2.05, 4.69) is 170 Å². The molecule has 226 valence electrons. The van der Waals surface area contributed by atoms with Gasteiger partial charge < -0.3 is 4.57 Å². The number of nitrogens with zero attached hydrogens (tertiary/aromatic N) is 5. The molecule has 0 saturated carbocycles. The number of benzene rings is 6.